The van der Waals surface area contributed by atoms with E-state index >= 15 is 0 Å². The van der Waals surface area contributed by atoms with Gasteiger partial charge < -0.3 is 10.1 Å². The number of hydrogen-bond acceptors (Lipinski definition) is 4. The minimum atomic E-state index is -3.96. The Kier molecular flexibility index (Phi) is 6.64. The number of sulfonamides is 1. The maximum absolute atomic E-state index is 13.1. The molecule has 0 unspecified atom stereocenters. The van der Waals surface area contributed by atoms with Crippen LogP contribution in [0.2, 0.25) is 5.02 Å². The van der Waals surface area contributed by atoms with E-state index in [0.29, 0.717) is 34.2 Å². The number of hydrogen-bond donors (Lipinski definition) is 2. The summed E-state index contributed by atoms with van der Waals surface area (Å²) in [5.74, 6) is 0.210. The van der Waals surface area contributed by atoms with Gasteiger partial charge in [-0.2, -0.15) is 0 Å². The Hall–Kier alpha value is -3.03. The van der Waals surface area contributed by atoms with E-state index in [1.165, 1.54) is 0 Å². The highest BCUT2D eigenvalue weighted by Gasteiger charge is 2.23. The van der Waals surface area contributed by atoms with Gasteiger partial charge in [0, 0.05) is 16.3 Å². The molecule has 3 aromatic rings. The lowest BCUT2D eigenvalue weighted by Gasteiger charge is -2.16. The van der Waals surface area contributed by atoms with Crippen LogP contribution in [0.4, 0.5) is 11.4 Å². The predicted molar refractivity (Wildman–Crippen MR) is 119 cm³/mol. The summed E-state index contributed by atoms with van der Waals surface area (Å²) in [7, 11) is -3.96. The first-order valence-corrected chi connectivity index (χ1v) is 11.1. The first-order valence-electron chi connectivity index (χ1n) is 9.22. The number of ether oxygens (including phenoxy) is 1. The zero-order chi connectivity index (χ0) is 21.7. The standard InChI is InChI=1S/C22H21ClN2O4S/c1-3-29-19-13-11-18(12-14-19)25-30(27,28)21-15(2)5-4-6-20(21)24-22(26)16-7-9-17(23)10-8-16/h4-14,25H,3H2,1-2H3,(H,24,26). The monoisotopic (exact) mass is 444 g/mol. The molecule has 0 saturated heterocycles. The molecule has 0 aliphatic rings. The van der Waals surface area contributed by atoms with Crippen molar-refractivity contribution in [2.24, 2.45) is 0 Å². The van der Waals surface area contributed by atoms with Crippen LogP contribution in [0, 0.1) is 6.92 Å². The SMILES string of the molecule is CCOc1ccc(NS(=O)(=O)c2c(C)cccc2NC(=O)c2ccc(Cl)cc2)cc1. The maximum atomic E-state index is 13.1. The number of benzene rings is 3. The second kappa shape index (κ2) is 9.19. The predicted octanol–water partition coefficient (Wildman–Crippen LogP) is 5.10. The quantitative estimate of drug-likeness (QED) is 0.531. The number of anilines is 2. The molecular weight excluding hydrogens is 424 g/mol. The van der Waals surface area contributed by atoms with Crippen LogP contribution < -0.4 is 14.8 Å². The molecular formula is C22H21ClN2O4S. The van der Waals surface area contributed by atoms with Crippen molar-refractivity contribution < 1.29 is 17.9 Å². The Morgan fingerprint density at radius 1 is 1.00 bits per heavy atom. The number of halogens is 1. The third-order valence-corrected chi connectivity index (χ3v) is 6.09. The van der Waals surface area contributed by atoms with E-state index in [1.807, 2.05) is 6.92 Å². The van der Waals surface area contributed by atoms with Crippen molar-refractivity contribution in [1.82, 2.24) is 0 Å². The molecule has 0 bridgehead atoms. The number of amides is 1. The highest BCUT2D eigenvalue weighted by molar-refractivity contribution is 7.93. The van der Waals surface area contributed by atoms with E-state index in [4.69, 9.17) is 16.3 Å². The molecule has 8 heteroatoms. The lowest BCUT2D eigenvalue weighted by atomic mass is 10.2. The van der Waals surface area contributed by atoms with Crippen molar-refractivity contribution in [1.29, 1.82) is 0 Å². The Balaban J connectivity index is 1.89. The highest BCUT2D eigenvalue weighted by Crippen LogP contribution is 2.28. The van der Waals surface area contributed by atoms with Gasteiger partial charge in [0.05, 0.1) is 12.3 Å². The summed E-state index contributed by atoms with van der Waals surface area (Å²) < 4.78 is 34.1. The van der Waals surface area contributed by atoms with Crippen LogP contribution in [0.25, 0.3) is 0 Å². The molecule has 0 atom stereocenters. The van der Waals surface area contributed by atoms with E-state index in [9.17, 15) is 13.2 Å². The zero-order valence-electron chi connectivity index (χ0n) is 16.5. The van der Waals surface area contributed by atoms with E-state index in [-0.39, 0.29) is 10.6 Å². The molecule has 2 N–H and O–H groups in total. The fraction of sp³-hybridized carbons (Fsp3) is 0.136. The third kappa shape index (κ3) is 5.11. The number of aryl methyl sites for hydroxylation is 1. The first kappa shape index (κ1) is 21.7. The van der Waals surface area contributed by atoms with Gasteiger partial charge in [-0.1, -0.05) is 23.7 Å². The van der Waals surface area contributed by atoms with E-state index in [1.54, 1.807) is 73.7 Å². The Labute approximate surface area is 180 Å². The zero-order valence-corrected chi connectivity index (χ0v) is 18.0. The van der Waals surface area contributed by atoms with Crippen molar-refractivity contribution >= 4 is 38.9 Å². The smallest absolute Gasteiger partial charge is 0.264 e. The fourth-order valence-corrected chi connectivity index (χ4v) is 4.47. The Morgan fingerprint density at radius 3 is 2.30 bits per heavy atom. The largest absolute Gasteiger partial charge is 0.494 e. The van der Waals surface area contributed by atoms with E-state index < -0.39 is 15.9 Å². The summed E-state index contributed by atoms with van der Waals surface area (Å²) in [4.78, 5) is 12.6. The summed E-state index contributed by atoms with van der Waals surface area (Å²) in [6.07, 6.45) is 0. The molecule has 0 spiro atoms. The van der Waals surface area contributed by atoms with Gasteiger partial charge >= 0.3 is 0 Å². The fourth-order valence-electron chi connectivity index (χ4n) is 2.90. The molecule has 1 amide bonds. The number of carbonyl (C=O) groups excluding carboxylic acids is 1. The molecule has 0 aromatic heterocycles. The van der Waals surface area contributed by atoms with E-state index in [0.717, 1.165) is 0 Å². The van der Waals surface area contributed by atoms with Crippen molar-refractivity contribution in [2.45, 2.75) is 18.7 Å². The van der Waals surface area contributed by atoms with Gasteiger partial charge in [0.2, 0.25) is 0 Å². The molecule has 156 valence electrons. The van der Waals surface area contributed by atoms with Gasteiger partial charge in [0.25, 0.3) is 15.9 Å². The minimum Gasteiger partial charge on any atom is -0.494 e. The molecule has 3 rings (SSSR count). The van der Waals surface area contributed by atoms with E-state index in [2.05, 4.69) is 10.0 Å². The lowest BCUT2D eigenvalue weighted by molar-refractivity contribution is 0.102. The summed E-state index contributed by atoms with van der Waals surface area (Å²) >= 11 is 5.86. The first-order chi connectivity index (χ1) is 14.3. The van der Waals surface area contributed by atoms with Gasteiger partial charge in [-0.3, -0.25) is 9.52 Å². The van der Waals surface area contributed by atoms with Crippen LogP contribution in [0.1, 0.15) is 22.8 Å². The molecule has 0 aliphatic heterocycles. The van der Waals surface area contributed by atoms with Crippen LogP contribution in [0.3, 0.4) is 0 Å². The second-order valence-electron chi connectivity index (χ2n) is 6.48. The molecule has 0 radical (unpaired) electrons. The average molecular weight is 445 g/mol. The van der Waals surface area contributed by atoms with Crippen LogP contribution in [0.15, 0.2) is 71.6 Å². The Morgan fingerprint density at radius 2 is 1.67 bits per heavy atom. The van der Waals surface area contributed by atoms with Crippen LogP contribution >= 0.6 is 11.6 Å². The molecule has 0 saturated carbocycles. The topological polar surface area (TPSA) is 84.5 Å². The molecule has 0 fully saturated rings. The third-order valence-electron chi connectivity index (χ3n) is 4.25. The lowest BCUT2D eigenvalue weighted by Crippen LogP contribution is -2.19. The second-order valence-corrected chi connectivity index (χ2v) is 8.53. The maximum Gasteiger partial charge on any atom is 0.264 e. The molecule has 0 aliphatic carbocycles. The molecule has 30 heavy (non-hydrogen) atoms. The van der Waals surface area contributed by atoms with Gasteiger partial charge in [-0.15, -0.1) is 0 Å². The average Bonchev–Trinajstić information content (AvgIpc) is 2.70. The number of carbonyl (C=O) groups is 1. The summed E-state index contributed by atoms with van der Waals surface area (Å²) in [5, 5.41) is 3.19. The van der Waals surface area contributed by atoms with Crippen LogP contribution in [-0.2, 0) is 10.0 Å². The van der Waals surface area contributed by atoms with Gasteiger partial charge in [-0.05, 0) is 74.0 Å². The van der Waals surface area contributed by atoms with Crippen molar-refractivity contribution in [3.63, 3.8) is 0 Å². The summed E-state index contributed by atoms with van der Waals surface area (Å²) in [6.45, 7) is 4.06. The van der Waals surface area contributed by atoms with Gasteiger partial charge in [0.15, 0.2) is 0 Å². The van der Waals surface area contributed by atoms with Gasteiger partial charge in [0.1, 0.15) is 10.6 Å². The minimum absolute atomic E-state index is 0.00111. The highest BCUT2D eigenvalue weighted by atomic mass is 35.5. The van der Waals surface area contributed by atoms with Crippen molar-refractivity contribution in [2.75, 3.05) is 16.6 Å². The Bertz CT molecular complexity index is 1140. The van der Waals surface area contributed by atoms with Gasteiger partial charge in [-0.25, -0.2) is 8.42 Å². The summed E-state index contributed by atoms with van der Waals surface area (Å²) in [6, 6.07) is 17.8. The number of nitrogens with one attached hydrogen (secondary N) is 2. The molecule has 3 aromatic carbocycles. The molecule has 0 heterocycles. The summed E-state index contributed by atoms with van der Waals surface area (Å²) in [5.41, 5.74) is 1.44. The number of rotatable bonds is 7. The molecule has 6 nitrogen and oxygen atoms in total. The normalized spacial score (nSPS) is 11.0. The van der Waals surface area contributed by atoms with Crippen LogP contribution in [0.5, 0.6) is 5.75 Å². The van der Waals surface area contributed by atoms with Crippen molar-refractivity contribution in [3.05, 3.63) is 82.9 Å². The van der Waals surface area contributed by atoms with Crippen LogP contribution in [-0.4, -0.2) is 20.9 Å². The van der Waals surface area contributed by atoms with Crippen molar-refractivity contribution in [3.8, 4) is 5.75 Å².